The molecule has 5 heteroatoms. The Morgan fingerprint density at radius 1 is 1.53 bits per heavy atom. The van der Waals surface area contributed by atoms with Gasteiger partial charge in [0.2, 0.25) is 0 Å². The van der Waals surface area contributed by atoms with Crippen molar-refractivity contribution < 1.29 is 19.0 Å². The number of rotatable bonds is 1. The van der Waals surface area contributed by atoms with E-state index >= 15 is 0 Å². The summed E-state index contributed by atoms with van der Waals surface area (Å²) >= 11 is 0. The highest BCUT2D eigenvalue weighted by Gasteiger charge is 2.20. The number of ether oxygens (including phenoxy) is 1. The molecule has 15 heavy (non-hydrogen) atoms. The smallest absolute Gasteiger partial charge is 0.293 e. The van der Waals surface area contributed by atoms with E-state index in [0.29, 0.717) is 19.4 Å². The molecule has 1 saturated heterocycles. The van der Waals surface area contributed by atoms with Crippen molar-refractivity contribution >= 4 is 6.47 Å². The molecule has 0 bridgehead atoms. The van der Waals surface area contributed by atoms with Gasteiger partial charge in [-0.3, -0.25) is 4.79 Å². The minimum atomic E-state index is -1.05. The van der Waals surface area contributed by atoms with Crippen LogP contribution >= 0.6 is 0 Å². The van der Waals surface area contributed by atoms with Crippen LogP contribution in [0.3, 0.4) is 0 Å². The second-order valence-corrected chi connectivity index (χ2v) is 4.40. The number of hydrogen-bond acceptors (Lipinski definition) is 4. The molecule has 2 atom stereocenters. The monoisotopic (exact) mass is 221 g/mol. The second-order valence-electron chi connectivity index (χ2n) is 4.40. The Morgan fingerprint density at radius 3 is 2.33 bits per heavy atom. The van der Waals surface area contributed by atoms with E-state index in [1.165, 1.54) is 0 Å². The Labute approximate surface area is 89.8 Å². The molecule has 1 heterocycles. The van der Waals surface area contributed by atoms with Gasteiger partial charge in [0.05, 0.1) is 6.10 Å². The van der Waals surface area contributed by atoms with Gasteiger partial charge in [0, 0.05) is 6.54 Å². The van der Waals surface area contributed by atoms with Crippen molar-refractivity contribution in [2.75, 3.05) is 13.1 Å². The average molecular weight is 221 g/mol. The number of hydrogen-bond donors (Lipinski definition) is 2. The summed E-state index contributed by atoms with van der Waals surface area (Å²) in [5.74, 6) is 0. The maximum absolute atomic E-state index is 12.3. The number of nitrogens with one attached hydrogen (secondary N) is 1. The van der Waals surface area contributed by atoms with E-state index in [1.54, 1.807) is 0 Å². The molecule has 1 aliphatic rings. The van der Waals surface area contributed by atoms with Crippen molar-refractivity contribution in [3.63, 3.8) is 0 Å². The van der Waals surface area contributed by atoms with Crippen LogP contribution in [-0.2, 0) is 9.53 Å². The maximum atomic E-state index is 12.3. The summed E-state index contributed by atoms with van der Waals surface area (Å²) < 4.78 is 16.8. The fourth-order valence-electron chi connectivity index (χ4n) is 0.951. The molecule has 4 nitrogen and oxygen atoms in total. The van der Waals surface area contributed by atoms with E-state index in [1.807, 2.05) is 20.8 Å². The fraction of sp³-hybridized carbons (Fsp3) is 0.900. The summed E-state index contributed by atoms with van der Waals surface area (Å²) in [4.78, 5) is 9.60. The molecule has 0 aromatic rings. The van der Waals surface area contributed by atoms with Crippen LogP contribution in [-0.4, -0.2) is 42.5 Å². The van der Waals surface area contributed by atoms with Crippen molar-refractivity contribution in [2.45, 2.75) is 45.1 Å². The first-order valence-corrected chi connectivity index (χ1v) is 5.01. The lowest BCUT2D eigenvalue weighted by atomic mass is 10.1. The molecule has 0 aromatic carbocycles. The number of alkyl halides is 1. The lowest BCUT2D eigenvalue weighted by Crippen LogP contribution is -2.41. The number of carbonyl (C=O) groups is 1. The van der Waals surface area contributed by atoms with Crippen LogP contribution in [0.25, 0.3) is 0 Å². The van der Waals surface area contributed by atoms with E-state index in [2.05, 4.69) is 10.1 Å². The minimum Gasteiger partial charge on any atom is -0.462 e. The third-order valence-corrected chi connectivity index (χ3v) is 1.78. The minimum absolute atomic E-state index is 0.307. The summed E-state index contributed by atoms with van der Waals surface area (Å²) in [7, 11) is 0. The first kappa shape index (κ1) is 14.3. The van der Waals surface area contributed by atoms with Crippen LogP contribution in [0.4, 0.5) is 4.39 Å². The largest absolute Gasteiger partial charge is 0.462 e. The van der Waals surface area contributed by atoms with E-state index < -0.39 is 12.3 Å². The highest BCUT2D eigenvalue weighted by Crippen LogP contribution is 2.05. The first-order chi connectivity index (χ1) is 6.87. The lowest BCUT2D eigenvalue weighted by Gasteiger charge is -2.21. The van der Waals surface area contributed by atoms with Crippen molar-refractivity contribution in [2.24, 2.45) is 0 Å². The Balaban J connectivity index is 0.000000265. The predicted octanol–water partition coefficient (Wildman–Crippen LogP) is 0.637. The number of carbonyl (C=O) groups excluding carboxylic acids is 1. The van der Waals surface area contributed by atoms with Gasteiger partial charge in [-0.25, -0.2) is 4.39 Å². The molecular formula is C10H20FNO3. The van der Waals surface area contributed by atoms with Gasteiger partial charge in [0.25, 0.3) is 6.47 Å². The van der Waals surface area contributed by atoms with Crippen LogP contribution in [0.1, 0.15) is 27.2 Å². The Kier molecular flexibility index (Phi) is 6.43. The van der Waals surface area contributed by atoms with Gasteiger partial charge in [-0.15, -0.1) is 0 Å². The average Bonchev–Trinajstić information content (AvgIpc) is 2.09. The molecule has 1 aliphatic heterocycles. The summed E-state index contributed by atoms with van der Waals surface area (Å²) in [6, 6.07) is 0. The predicted molar refractivity (Wildman–Crippen MR) is 55.3 cm³/mol. The van der Waals surface area contributed by atoms with Crippen molar-refractivity contribution in [1.82, 2.24) is 5.32 Å². The molecule has 0 amide bonds. The van der Waals surface area contributed by atoms with Gasteiger partial charge >= 0.3 is 0 Å². The van der Waals surface area contributed by atoms with E-state index in [4.69, 9.17) is 5.11 Å². The molecule has 0 aliphatic carbocycles. The normalized spacial score (nSPS) is 26.2. The number of piperidine rings is 1. The van der Waals surface area contributed by atoms with E-state index in [9.17, 15) is 9.18 Å². The van der Waals surface area contributed by atoms with Gasteiger partial charge in [-0.2, -0.15) is 0 Å². The molecule has 1 fully saturated rings. The summed E-state index contributed by atoms with van der Waals surface area (Å²) in [5, 5.41) is 11.6. The van der Waals surface area contributed by atoms with Gasteiger partial charge in [-0.1, -0.05) is 0 Å². The van der Waals surface area contributed by atoms with Gasteiger partial charge in [0.1, 0.15) is 11.8 Å². The zero-order valence-corrected chi connectivity index (χ0v) is 9.50. The Bertz CT molecular complexity index is 172. The van der Waals surface area contributed by atoms with Gasteiger partial charge in [-0.05, 0) is 33.7 Å². The molecular weight excluding hydrogens is 201 g/mol. The van der Waals surface area contributed by atoms with Crippen LogP contribution in [0.2, 0.25) is 0 Å². The van der Waals surface area contributed by atoms with Crippen molar-refractivity contribution in [3.05, 3.63) is 0 Å². The zero-order chi connectivity index (χ0) is 11.9. The third-order valence-electron chi connectivity index (χ3n) is 1.78. The standard InChI is InChI=1S/C5H10FNO.C5H10O2/c6-4-3-7-2-1-5(4)8;1-5(2,3)7-4-6/h4-5,7-8H,1-3H2;4H,1-3H3/t4-,5-;/m1./s1. The summed E-state index contributed by atoms with van der Waals surface area (Å²) in [6.45, 7) is 6.97. The number of halogens is 1. The quantitative estimate of drug-likeness (QED) is 0.638. The highest BCUT2D eigenvalue weighted by atomic mass is 19.1. The Morgan fingerprint density at radius 2 is 2.13 bits per heavy atom. The van der Waals surface area contributed by atoms with E-state index in [-0.39, 0.29) is 5.60 Å². The highest BCUT2D eigenvalue weighted by molar-refractivity contribution is 5.37. The fourth-order valence-corrected chi connectivity index (χ4v) is 0.951. The molecule has 90 valence electrons. The second kappa shape index (κ2) is 6.74. The molecule has 1 rings (SSSR count). The molecule has 0 unspecified atom stereocenters. The Hall–Kier alpha value is -0.680. The summed E-state index contributed by atoms with van der Waals surface area (Å²) in [5.41, 5.74) is -0.318. The maximum Gasteiger partial charge on any atom is 0.293 e. The number of aliphatic hydroxyl groups is 1. The summed E-state index contributed by atoms with van der Waals surface area (Å²) in [6.07, 6.45) is -1.23. The van der Waals surface area contributed by atoms with E-state index in [0.717, 1.165) is 6.54 Å². The molecule has 2 N–H and O–H groups in total. The van der Waals surface area contributed by atoms with Crippen LogP contribution in [0, 0.1) is 0 Å². The van der Waals surface area contributed by atoms with Crippen LogP contribution < -0.4 is 5.32 Å². The number of aliphatic hydroxyl groups excluding tert-OH is 1. The first-order valence-electron chi connectivity index (χ1n) is 5.01. The molecule has 0 spiro atoms. The van der Waals surface area contributed by atoms with Crippen molar-refractivity contribution in [1.29, 1.82) is 0 Å². The SMILES string of the molecule is CC(C)(C)OC=O.O[C@@H]1CCNC[C@H]1F. The lowest BCUT2D eigenvalue weighted by molar-refractivity contribution is -0.138. The van der Waals surface area contributed by atoms with Gasteiger partial charge in [0.15, 0.2) is 0 Å². The van der Waals surface area contributed by atoms with Crippen molar-refractivity contribution in [3.8, 4) is 0 Å². The third kappa shape index (κ3) is 8.32. The van der Waals surface area contributed by atoms with Crippen LogP contribution in [0.5, 0.6) is 0 Å². The van der Waals surface area contributed by atoms with Gasteiger partial charge < -0.3 is 15.2 Å². The van der Waals surface area contributed by atoms with Crippen LogP contribution in [0.15, 0.2) is 0 Å². The molecule has 0 radical (unpaired) electrons. The zero-order valence-electron chi connectivity index (χ0n) is 9.50. The molecule has 0 saturated carbocycles. The topological polar surface area (TPSA) is 58.6 Å². The molecule has 0 aromatic heterocycles.